The largest absolute Gasteiger partial charge is 0.480 e. The Morgan fingerprint density at radius 2 is 1.82 bits per heavy atom. The summed E-state index contributed by atoms with van der Waals surface area (Å²) in [5, 5.41) is 15.7. The molecule has 1 aromatic carbocycles. The summed E-state index contributed by atoms with van der Waals surface area (Å²) in [5.74, 6) is -2.15. The van der Waals surface area contributed by atoms with Crippen LogP contribution in [0, 0.1) is 0 Å². The van der Waals surface area contributed by atoms with Crippen molar-refractivity contribution in [1.82, 2.24) is 16.0 Å². The van der Waals surface area contributed by atoms with Gasteiger partial charge in [-0.05, 0) is 31.5 Å². The van der Waals surface area contributed by atoms with Gasteiger partial charge in [-0.15, -0.1) is 0 Å². The zero-order valence-corrected chi connectivity index (χ0v) is 12.0. The molecule has 22 heavy (non-hydrogen) atoms. The third-order valence-corrected chi connectivity index (χ3v) is 3.49. The molecule has 1 aliphatic rings. The second-order valence-corrected chi connectivity index (χ2v) is 5.14. The van der Waals surface area contributed by atoms with Crippen molar-refractivity contribution in [1.29, 1.82) is 0 Å². The highest BCUT2D eigenvalue weighted by atomic mass is 16.4. The highest BCUT2D eigenvalue weighted by Crippen LogP contribution is 2.24. The van der Waals surface area contributed by atoms with Crippen LogP contribution in [0.4, 0.5) is 4.79 Å². The molecule has 4 amide bonds. The van der Waals surface area contributed by atoms with Gasteiger partial charge in [0.2, 0.25) is 0 Å². The third-order valence-electron chi connectivity index (χ3n) is 3.49. The van der Waals surface area contributed by atoms with Gasteiger partial charge in [0.15, 0.2) is 0 Å². The monoisotopic (exact) mass is 305 g/mol. The number of rotatable bonds is 4. The lowest BCUT2D eigenvalue weighted by molar-refractivity contribution is -0.138. The van der Waals surface area contributed by atoms with Crippen LogP contribution in [0.5, 0.6) is 0 Å². The van der Waals surface area contributed by atoms with E-state index >= 15 is 0 Å². The summed E-state index contributed by atoms with van der Waals surface area (Å²) in [6.45, 7) is 2.91. The van der Waals surface area contributed by atoms with E-state index in [2.05, 4.69) is 16.0 Å². The van der Waals surface area contributed by atoms with Gasteiger partial charge in [-0.3, -0.25) is 19.7 Å². The van der Waals surface area contributed by atoms with Crippen molar-refractivity contribution in [2.45, 2.75) is 25.4 Å². The summed E-state index contributed by atoms with van der Waals surface area (Å²) in [7, 11) is 0. The number of imide groups is 1. The minimum absolute atomic E-state index is 0.255. The molecule has 1 saturated heterocycles. The van der Waals surface area contributed by atoms with E-state index < -0.39 is 35.4 Å². The lowest BCUT2D eigenvalue weighted by Crippen LogP contribution is -2.40. The van der Waals surface area contributed by atoms with E-state index in [1.54, 1.807) is 6.92 Å². The Kier molecular flexibility index (Phi) is 3.85. The third kappa shape index (κ3) is 2.76. The van der Waals surface area contributed by atoms with Gasteiger partial charge >= 0.3 is 12.0 Å². The molecule has 0 spiro atoms. The molecule has 8 nitrogen and oxygen atoms in total. The normalized spacial score (nSPS) is 21.7. The first-order chi connectivity index (χ1) is 10.2. The Morgan fingerprint density at radius 3 is 2.27 bits per heavy atom. The Morgan fingerprint density at radius 1 is 1.23 bits per heavy atom. The second-order valence-electron chi connectivity index (χ2n) is 5.14. The van der Waals surface area contributed by atoms with Crippen molar-refractivity contribution >= 4 is 23.8 Å². The molecule has 1 aliphatic heterocycles. The van der Waals surface area contributed by atoms with E-state index in [1.165, 1.54) is 31.2 Å². The first-order valence-corrected chi connectivity index (χ1v) is 6.52. The van der Waals surface area contributed by atoms with E-state index in [-0.39, 0.29) is 5.56 Å². The molecule has 116 valence electrons. The number of hydrogen-bond donors (Lipinski definition) is 4. The van der Waals surface area contributed by atoms with Gasteiger partial charge in [-0.25, -0.2) is 4.79 Å². The smallest absolute Gasteiger partial charge is 0.325 e. The average Bonchev–Trinajstić information content (AvgIpc) is 2.72. The fourth-order valence-corrected chi connectivity index (χ4v) is 2.04. The quantitative estimate of drug-likeness (QED) is 0.580. The van der Waals surface area contributed by atoms with Crippen LogP contribution < -0.4 is 16.0 Å². The zero-order chi connectivity index (χ0) is 16.5. The Bertz CT molecular complexity index is 655. The average molecular weight is 305 g/mol. The number of hydrogen-bond acceptors (Lipinski definition) is 4. The molecule has 2 rings (SSSR count). The van der Waals surface area contributed by atoms with Crippen LogP contribution in [0.3, 0.4) is 0 Å². The predicted molar refractivity (Wildman–Crippen MR) is 75.0 cm³/mol. The van der Waals surface area contributed by atoms with Gasteiger partial charge in [-0.2, -0.15) is 0 Å². The number of benzene rings is 1. The first kappa shape index (κ1) is 15.5. The maximum Gasteiger partial charge on any atom is 0.325 e. The van der Waals surface area contributed by atoms with Gasteiger partial charge < -0.3 is 15.7 Å². The zero-order valence-electron chi connectivity index (χ0n) is 12.0. The fourth-order valence-electron chi connectivity index (χ4n) is 2.04. The van der Waals surface area contributed by atoms with Crippen LogP contribution in [0.25, 0.3) is 0 Å². The van der Waals surface area contributed by atoms with Crippen LogP contribution >= 0.6 is 0 Å². The number of carbonyl (C=O) groups is 4. The molecule has 0 aliphatic carbocycles. The van der Waals surface area contributed by atoms with Gasteiger partial charge in [0, 0.05) is 5.56 Å². The summed E-state index contributed by atoms with van der Waals surface area (Å²) in [6.07, 6.45) is 0. The minimum atomic E-state index is -1.19. The number of nitrogens with one attached hydrogen (secondary N) is 3. The molecule has 1 unspecified atom stereocenters. The van der Waals surface area contributed by atoms with Crippen molar-refractivity contribution in [3.05, 3.63) is 35.4 Å². The predicted octanol–water partition coefficient (Wildman–Crippen LogP) is -0.0559. The summed E-state index contributed by atoms with van der Waals surface area (Å²) >= 11 is 0. The van der Waals surface area contributed by atoms with Crippen LogP contribution in [0.1, 0.15) is 29.8 Å². The lowest BCUT2D eigenvalue weighted by Gasteiger charge is -2.21. The van der Waals surface area contributed by atoms with Gasteiger partial charge in [0.05, 0.1) is 0 Å². The molecular formula is C14H15N3O5. The Balaban J connectivity index is 2.17. The second kappa shape index (κ2) is 5.47. The summed E-state index contributed by atoms with van der Waals surface area (Å²) in [4.78, 5) is 45.6. The Labute approximate surface area is 125 Å². The fraction of sp³-hybridized carbons (Fsp3) is 0.286. The van der Waals surface area contributed by atoms with E-state index in [0.29, 0.717) is 5.56 Å². The molecule has 0 radical (unpaired) electrons. The lowest BCUT2D eigenvalue weighted by atomic mass is 9.91. The van der Waals surface area contributed by atoms with E-state index in [4.69, 9.17) is 5.11 Å². The topological polar surface area (TPSA) is 125 Å². The maximum absolute atomic E-state index is 11.9. The highest BCUT2D eigenvalue weighted by Gasteiger charge is 2.43. The van der Waals surface area contributed by atoms with Gasteiger partial charge in [0.1, 0.15) is 11.6 Å². The summed E-state index contributed by atoms with van der Waals surface area (Å²) in [5.41, 5.74) is -0.427. The van der Waals surface area contributed by atoms with Crippen molar-refractivity contribution in [3.8, 4) is 0 Å². The first-order valence-electron chi connectivity index (χ1n) is 6.52. The number of carboxylic acid groups (broad SMARTS) is 1. The van der Waals surface area contributed by atoms with Crippen LogP contribution in [0.15, 0.2) is 24.3 Å². The van der Waals surface area contributed by atoms with Crippen molar-refractivity contribution in [2.24, 2.45) is 0 Å². The Hall–Kier alpha value is -2.90. The molecule has 0 aromatic heterocycles. The number of amides is 4. The van der Waals surface area contributed by atoms with E-state index in [9.17, 15) is 19.2 Å². The number of carboxylic acids is 1. The summed E-state index contributed by atoms with van der Waals surface area (Å²) < 4.78 is 0. The van der Waals surface area contributed by atoms with Crippen LogP contribution in [-0.2, 0) is 15.1 Å². The molecule has 0 bridgehead atoms. The van der Waals surface area contributed by atoms with Crippen molar-refractivity contribution in [3.63, 3.8) is 0 Å². The molecule has 8 heteroatoms. The molecule has 2 atom stereocenters. The SMILES string of the molecule is C[C@H](NC(=O)c1ccc(C2(C)NC(=O)NC2=O)cc1)C(=O)O. The standard InChI is InChI=1S/C14H15N3O5/c1-7(11(19)20)15-10(18)8-3-5-9(6-4-8)14(2)12(21)16-13(22)17-14/h3-7H,1-2H3,(H,15,18)(H,19,20)(H2,16,17,21,22)/t7-,14?/m0/s1. The van der Waals surface area contributed by atoms with Crippen LogP contribution in [0.2, 0.25) is 0 Å². The molecule has 1 fully saturated rings. The number of urea groups is 1. The maximum atomic E-state index is 11.9. The molecule has 1 heterocycles. The van der Waals surface area contributed by atoms with E-state index in [0.717, 1.165) is 0 Å². The van der Waals surface area contributed by atoms with Crippen molar-refractivity contribution in [2.75, 3.05) is 0 Å². The molecule has 1 aromatic rings. The summed E-state index contributed by atoms with van der Waals surface area (Å²) in [6, 6.07) is 4.40. The molecular weight excluding hydrogens is 290 g/mol. The van der Waals surface area contributed by atoms with Gasteiger partial charge in [0.25, 0.3) is 11.8 Å². The van der Waals surface area contributed by atoms with Gasteiger partial charge in [-0.1, -0.05) is 12.1 Å². The molecule has 4 N–H and O–H groups in total. The number of aliphatic carboxylic acids is 1. The minimum Gasteiger partial charge on any atom is -0.480 e. The molecule has 0 saturated carbocycles. The van der Waals surface area contributed by atoms with Crippen LogP contribution in [-0.4, -0.2) is 35.0 Å². The number of carbonyl (C=O) groups excluding carboxylic acids is 3. The van der Waals surface area contributed by atoms with E-state index in [1.807, 2.05) is 0 Å². The van der Waals surface area contributed by atoms with Crippen molar-refractivity contribution < 1.29 is 24.3 Å². The highest BCUT2D eigenvalue weighted by molar-refractivity contribution is 6.07.